The van der Waals surface area contributed by atoms with Crippen LogP contribution in [0.4, 0.5) is 10.5 Å². The van der Waals surface area contributed by atoms with Gasteiger partial charge in [0.1, 0.15) is 0 Å². The number of carbonyl (C=O) groups excluding carboxylic acids is 1. The van der Waals surface area contributed by atoms with Gasteiger partial charge in [0.15, 0.2) is 0 Å². The summed E-state index contributed by atoms with van der Waals surface area (Å²) in [5.41, 5.74) is 2.65. The zero-order valence-electron chi connectivity index (χ0n) is 8.96. The average Bonchev–Trinajstić information content (AvgIpc) is 2.11. The predicted molar refractivity (Wildman–Crippen MR) is 56.4 cm³/mol. The van der Waals surface area contributed by atoms with Crippen molar-refractivity contribution in [2.45, 2.75) is 13.8 Å². The Kier molecular flexibility index (Phi) is 3.06. The minimum atomic E-state index is -0.135. The largest absolute Gasteiger partial charge is 0.331 e. The molecule has 1 rings (SSSR count). The van der Waals surface area contributed by atoms with Gasteiger partial charge >= 0.3 is 6.03 Å². The summed E-state index contributed by atoms with van der Waals surface area (Å²) in [5.74, 6) is 0. The van der Waals surface area contributed by atoms with E-state index < -0.39 is 0 Å². The van der Waals surface area contributed by atoms with Crippen LogP contribution < -0.4 is 5.32 Å². The molecule has 14 heavy (non-hydrogen) atoms. The summed E-state index contributed by atoms with van der Waals surface area (Å²) in [6, 6.07) is 1.74. The van der Waals surface area contributed by atoms with Crippen LogP contribution in [0, 0.1) is 13.8 Å². The molecule has 0 saturated carbocycles. The maximum absolute atomic E-state index is 11.4. The third-order valence-corrected chi connectivity index (χ3v) is 1.99. The van der Waals surface area contributed by atoms with Gasteiger partial charge in [0.25, 0.3) is 0 Å². The fraction of sp³-hybridized carbons (Fsp3) is 0.400. The topological polar surface area (TPSA) is 45.2 Å². The van der Waals surface area contributed by atoms with Crippen LogP contribution in [-0.2, 0) is 0 Å². The van der Waals surface area contributed by atoms with Crippen molar-refractivity contribution in [2.24, 2.45) is 0 Å². The first-order valence-electron chi connectivity index (χ1n) is 4.43. The second kappa shape index (κ2) is 4.09. The molecule has 1 heterocycles. The van der Waals surface area contributed by atoms with E-state index in [9.17, 15) is 4.79 Å². The van der Waals surface area contributed by atoms with E-state index in [4.69, 9.17) is 0 Å². The van der Waals surface area contributed by atoms with Crippen molar-refractivity contribution < 1.29 is 4.79 Å². The van der Waals surface area contributed by atoms with Crippen molar-refractivity contribution in [3.63, 3.8) is 0 Å². The molecule has 1 aromatic rings. The summed E-state index contributed by atoms with van der Waals surface area (Å²) < 4.78 is 0. The van der Waals surface area contributed by atoms with Crippen LogP contribution >= 0.6 is 0 Å². The van der Waals surface area contributed by atoms with Crippen LogP contribution in [0.2, 0.25) is 0 Å². The second-order valence-corrected chi connectivity index (χ2v) is 3.41. The lowest BCUT2D eigenvalue weighted by Gasteiger charge is -2.14. The van der Waals surface area contributed by atoms with Gasteiger partial charge in [-0.25, -0.2) is 4.79 Å². The minimum Gasteiger partial charge on any atom is -0.331 e. The van der Waals surface area contributed by atoms with Gasteiger partial charge in [-0.05, 0) is 25.5 Å². The van der Waals surface area contributed by atoms with Crippen molar-refractivity contribution in [2.75, 3.05) is 19.4 Å². The van der Waals surface area contributed by atoms with E-state index in [0.717, 1.165) is 16.9 Å². The lowest BCUT2D eigenvalue weighted by Crippen LogP contribution is -2.28. The predicted octanol–water partition coefficient (Wildman–Crippen LogP) is 1.79. The van der Waals surface area contributed by atoms with Crippen LogP contribution in [-0.4, -0.2) is 30.0 Å². The zero-order valence-corrected chi connectivity index (χ0v) is 8.96. The summed E-state index contributed by atoms with van der Waals surface area (Å²) in [6.45, 7) is 3.82. The SMILES string of the molecule is Cc1ccnc(C)c1NC(=O)N(C)C. The molecule has 0 spiro atoms. The minimum absolute atomic E-state index is 0.135. The summed E-state index contributed by atoms with van der Waals surface area (Å²) in [7, 11) is 3.41. The first-order valence-corrected chi connectivity index (χ1v) is 4.43. The third kappa shape index (κ3) is 2.22. The average molecular weight is 193 g/mol. The van der Waals surface area contributed by atoms with Crippen LogP contribution in [0.25, 0.3) is 0 Å². The number of nitrogens with one attached hydrogen (secondary N) is 1. The standard InChI is InChI=1S/C10H15N3O/c1-7-5-6-11-8(2)9(7)12-10(14)13(3)4/h5-6H,1-4H3,(H,12,14). The molecule has 76 valence electrons. The fourth-order valence-corrected chi connectivity index (χ4v) is 1.10. The Bertz CT molecular complexity index is 327. The molecule has 1 N–H and O–H groups in total. The Morgan fingerprint density at radius 2 is 2.07 bits per heavy atom. The van der Waals surface area contributed by atoms with Gasteiger partial charge in [-0.3, -0.25) is 4.98 Å². The van der Waals surface area contributed by atoms with E-state index in [1.165, 1.54) is 4.90 Å². The van der Waals surface area contributed by atoms with Gasteiger partial charge in [0.05, 0.1) is 11.4 Å². The molecule has 0 radical (unpaired) electrons. The van der Waals surface area contributed by atoms with Gasteiger partial charge in [0.2, 0.25) is 0 Å². The Balaban J connectivity index is 2.91. The Hall–Kier alpha value is -1.58. The first-order chi connectivity index (χ1) is 6.52. The number of aromatic nitrogens is 1. The molecular weight excluding hydrogens is 178 g/mol. The van der Waals surface area contributed by atoms with Crippen molar-refractivity contribution in [3.8, 4) is 0 Å². The fourth-order valence-electron chi connectivity index (χ4n) is 1.10. The Morgan fingerprint density at radius 1 is 1.43 bits per heavy atom. The number of urea groups is 1. The van der Waals surface area contributed by atoms with Gasteiger partial charge in [0, 0.05) is 20.3 Å². The number of hydrogen-bond acceptors (Lipinski definition) is 2. The Labute approximate surface area is 83.9 Å². The Morgan fingerprint density at radius 3 is 2.57 bits per heavy atom. The molecule has 4 heteroatoms. The number of amides is 2. The molecule has 0 saturated heterocycles. The summed E-state index contributed by atoms with van der Waals surface area (Å²) in [6.07, 6.45) is 1.73. The van der Waals surface area contributed by atoms with Gasteiger partial charge in [-0.1, -0.05) is 0 Å². The maximum Gasteiger partial charge on any atom is 0.321 e. The lowest BCUT2D eigenvalue weighted by molar-refractivity contribution is 0.230. The van der Waals surface area contributed by atoms with Gasteiger partial charge in [-0.15, -0.1) is 0 Å². The first kappa shape index (κ1) is 10.5. The number of carbonyl (C=O) groups is 1. The molecule has 2 amide bonds. The number of anilines is 1. The van der Waals surface area contributed by atoms with Crippen molar-refractivity contribution in [3.05, 3.63) is 23.5 Å². The number of pyridine rings is 1. The monoisotopic (exact) mass is 193 g/mol. The molecular formula is C10H15N3O. The van der Waals surface area contributed by atoms with E-state index in [0.29, 0.717) is 0 Å². The zero-order chi connectivity index (χ0) is 10.7. The highest BCUT2D eigenvalue weighted by Crippen LogP contribution is 2.17. The molecule has 1 aromatic heterocycles. The van der Waals surface area contributed by atoms with E-state index in [-0.39, 0.29) is 6.03 Å². The van der Waals surface area contributed by atoms with E-state index in [1.807, 2.05) is 19.9 Å². The molecule has 4 nitrogen and oxygen atoms in total. The quantitative estimate of drug-likeness (QED) is 0.739. The van der Waals surface area contributed by atoms with Crippen LogP contribution in [0.15, 0.2) is 12.3 Å². The highest BCUT2D eigenvalue weighted by atomic mass is 16.2. The molecule has 0 unspecified atom stereocenters. The summed E-state index contributed by atoms with van der Waals surface area (Å²) in [4.78, 5) is 17.0. The van der Waals surface area contributed by atoms with Crippen LogP contribution in [0.3, 0.4) is 0 Å². The highest BCUT2D eigenvalue weighted by Gasteiger charge is 2.08. The molecule has 0 fully saturated rings. The number of hydrogen-bond donors (Lipinski definition) is 1. The molecule has 0 aliphatic heterocycles. The highest BCUT2D eigenvalue weighted by molar-refractivity contribution is 5.90. The normalized spacial score (nSPS) is 9.71. The number of aryl methyl sites for hydroxylation is 2. The van der Waals surface area contributed by atoms with E-state index >= 15 is 0 Å². The third-order valence-electron chi connectivity index (χ3n) is 1.99. The second-order valence-electron chi connectivity index (χ2n) is 3.41. The molecule has 0 atom stereocenters. The van der Waals surface area contributed by atoms with E-state index in [2.05, 4.69) is 10.3 Å². The van der Waals surface area contributed by atoms with Crippen LogP contribution in [0.1, 0.15) is 11.3 Å². The van der Waals surface area contributed by atoms with Crippen molar-refractivity contribution in [1.29, 1.82) is 0 Å². The van der Waals surface area contributed by atoms with Crippen LogP contribution in [0.5, 0.6) is 0 Å². The number of rotatable bonds is 1. The molecule has 0 bridgehead atoms. The van der Waals surface area contributed by atoms with Crippen molar-refractivity contribution in [1.82, 2.24) is 9.88 Å². The molecule has 0 aliphatic carbocycles. The van der Waals surface area contributed by atoms with Crippen molar-refractivity contribution >= 4 is 11.7 Å². The smallest absolute Gasteiger partial charge is 0.321 e. The maximum atomic E-state index is 11.4. The number of nitrogens with zero attached hydrogens (tertiary/aromatic N) is 2. The summed E-state index contributed by atoms with van der Waals surface area (Å²) >= 11 is 0. The molecule has 0 aromatic carbocycles. The van der Waals surface area contributed by atoms with Gasteiger partial charge < -0.3 is 10.2 Å². The van der Waals surface area contributed by atoms with E-state index in [1.54, 1.807) is 20.3 Å². The lowest BCUT2D eigenvalue weighted by atomic mass is 10.2. The summed E-state index contributed by atoms with van der Waals surface area (Å²) in [5, 5.41) is 2.80. The molecule has 0 aliphatic rings. The van der Waals surface area contributed by atoms with Gasteiger partial charge in [-0.2, -0.15) is 0 Å².